The number of hydrogen-bond donors (Lipinski definition) is 2. The molecule has 6 nitrogen and oxygen atoms in total. The molecule has 0 aliphatic heterocycles. The van der Waals surface area contributed by atoms with E-state index in [0.29, 0.717) is 24.2 Å². The molecule has 35 heavy (non-hydrogen) atoms. The van der Waals surface area contributed by atoms with Gasteiger partial charge < -0.3 is 15.0 Å². The van der Waals surface area contributed by atoms with Crippen molar-refractivity contribution >= 4 is 16.8 Å². The van der Waals surface area contributed by atoms with Gasteiger partial charge in [0, 0.05) is 28.2 Å². The van der Waals surface area contributed by atoms with Crippen molar-refractivity contribution in [3.05, 3.63) is 60.3 Å². The number of alkyl halides is 6. The topological polar surface area (TPSA) is 85.9 Å². The summed E-state index contributed by atoms with van der Waals surface area (Å²) < 4.78 is 85.4. The molecule has 0 aliphatic carbocycles. The molecule has 1 atom stereocenters. The lowest BCUT2D eigenvalue weighted by Gasteiger charge is -2.21. The van der Waals surface area contributed by atoms with Crippen molar-refractivity contribution < 1.29 is 35.9 Å². The molecule has 2 aromatic carbocycles. The zero-order valence-electron chi connectivity index (χ0n) is 18.0. The van der Waals surface area contributed by atoms with Crippen molar-refractivity contribution in [2.24, 2.45) is 5.73 Å². The zero-order valence-corrected chi connectivity index (χ0v) is 18.0. The van der Waals surface area contributed by atoms with Gasteiger partial charge in [0.1, 0.15) is 12.3 Å². The van der Waals surface area contributed by atoms with Crippen molar-refractivity contribution in [3.63, 3.8) is 0 Å². The first kappa shape index (κ1) is 24.2. The van der Waals surface area contributed by atoms with Gasteiger partial charge in [0.2, 0.25) is 5.91 Å². The molecule has 0 spiro atoms. The predicted octanol–water partition coefficient (Wildman–Crippen LogP) is 5.53. The molecule has 2 aromatic heterocycles. The van der Waals surface area contributed by atoms with Crippen molar-refractivity contribution in [2.75, 3.05) is 0 Å². The van der Waals surface area contributed by atoms with Gasteiger partial charge in [0.15, 0.2) is 6.10 Å². The Labute approximate surface area is 194 Å². The SMILES string of the molecule is C[C@H](Oc1ccc(-c2cc(-c3cccc4c3ccn4CC(N)=O)[nH]n2)cc1C(F)(F)F)C(F)(F)F. The number of primary amides is 1. The minimum Gasteiger partial charge on any atom is -0.481 e. The predicted molar refractivity (Wildman–Crippen MR) is 115 cm³/mol. The minimum atomic E-state index is -4.95. The van der Waals surface area contributed by atoms with Crippen molar-refractivity contribution in [2.45, 2.75) is 31.9 Å². The number of H-pyrrole nitrogens is 1. The number of benzene rings is 2. The molecular weight excluding hydrogens is 478 g/mol. The van der Waals surface area contributed by atoms with Crippen LogP contribution in [-0.2, 0) is 17.5 Å². The third kappa shape index (κ3) is 4.96. The molecule has 0 radical (unpaired) electrons. The van der Waals surface area contributed by atoms with Gasteiger partial charge in [0.05, 0.1) is 17.0 Å². The van der Waals surface area contributed by atoms with Crippen LogP contribution in [-0.4, -0.2) is 33.0 Å². The number of rotatable bonds is 6. The van der Waals surface area contributed by atoms with Gasteiger partial charge in [-0.3, -0.25) is 9.89 Å². The van der Waals surface area contributed by atoms with Crippen LogP contribution in [0.2, 0.25) is 0 Å². The summed E-state index contributed by atoms with van der Waals surface area (Å²) in [6.45, 7) is 0.605. The van der Waals surface area contributed by atoms with Gasteiger partial charge in [-0.25, -0.2) is 0 Å². The smallest absolute Gasteiger partial charge is 0.425 e. The summed E-state index contributed by atoms with van der Waals surface area (Å²) in [5.41, 5.74) is 5.99. The van der Waals surface area contributed by atoms with E-state index in [9.17, 15) is 31.1 Å². The Morgan fingerprint density at radius 3 is 2.51 bits per heavy atom. The standard InChI is InChI=1S/C23H18F6N4O2/c1-12(22(24,25)26)35-20-6-5-13(9-16(20)23(27,28)29)17-10-18(32-31-17)14-3-2-4-19-15(14)7-8-33(19)11-21(30)34/h2-10,12H,11H2,1H3,(H2,30,34)(H,31,32)/t12-/m0/s1. The van der Waals surface area contributed by atoms with E-state index in [1.807, 2.05) is 0 Å². The first-order chi connectivity index (χ1) is 16.3. The molecule has 0 fully saturated rings. The quantitative estimate of drug-likeness (QED) is 0.344. The molecule has 0 bridgehead atoms. The number of fused-ring (bicyclic) bond motifs is 1. The summed E-state index contributed by atoms with van der Waals surface area (Å²) in [6.07, 6.45) is -10.5. The molecule has 4 aromatic rings. The number of halogens is 6. The molecule has 0 saturated heterocycles. The summed E-state index contributed by atoms with van der Waals surface area (Å²) in [5, 5.41) is 7.61. The summed E-state index contributed by atoms with van der Waals surface area (Å²) in [6, 6.07) is 11.3. The summed E-state index contributed by atoms with van der Waals surface area (Å²) in [7, 11) is 0. The molecule has 0 saturated carbocycles. The lowest BCUT2D eigenvalue weighted by atomic mass is 10.0. The fourth-order valence-electron chi connectivity index (χ4n) is 3.64. The highest BCUT2D eigenvalue weighted by molar-refractivity contribution is 5.95. The first-order valence-corrected chi connectivity index (χ1v) is 10.2. The number of amides is 1. The highest BCUT2D eigenvalue weighted by Crippen LogP contribution is 2.40. The van der Waals surface area contributed by atoms with Gasteiger partial charge in [-0.2, -0.15) is 31.4 Å². The summed E-state index contributed by atoms with van der Waals surface area (Å²) in [5.74, 6) is -1.45. The Kier molecular flexibility index (Phi) is 5.99. The van der Waals surface area contributed by atoms with E-state index in [2.05, 4.69) is 14.9 Å². The van der Waals surface area contributed by atoms with E-state index >= 15 is 0 Å². The van der Waals surface area contributed by atoms with Crippen LogP contribution in [0.5, 0.6) is 5.75 Å². The van der Waals surface area contributed by atoms with Gasteiger partial charge in [0.25, 0.3) is 0 Å². The second kappa shape index (κ2) is 8.67. The number of nitrogens with one attached hydrogen (secondary N) is 1. The van der Waals surface area contributed by atoms with Crippen LogP contribution in [0.25, 0.3) is 33.4 Å². The maximum atomic E-state index is 13.6. The first-order valence-electron chi connectivity index (χ1n) is 10.2. The second-order valence-electron chi connectivity index (χ2n) is 7.83. The molecule has 2 heterocycles. The molecule has 3 N–H and O–H groups in total. The normalized spacial score (nSPS) is 13.2. The average molecular weight is 496 g/mol. The lowest BCUT2D eigenvalue weighted by molar-refractivity contribution is -0.191. The van der Waals surface area contributed by atoms with Crippen LogP contribution in [0.1, 0.15) is 12.5 Å². The Hall–Kier alpha value is -3.96. The molecule has 0 aliphatic rings. The molecular formula is C23H18F6N4O2. The van der Waals surface area contributed by atoms with E-state index in [0.717, 1.165) is 17.0 Å². The van der Waals surface area contributed by atoms with E-state index < -0.39 is 35.7 Å². The van der Waals surface area contributed by atoms with E-state index in [-0.39, 0.29) is 17.8 Å². The van der Waals surface area contributed by atoms with E-state index in [1.54, 1.807) is 35.0 Å². The Morgan fingerprint density at radius 1 is 1.11 bits per heavy atom. The number of ether oxygens (including phenoxy) is 1. The largest absolute Gasteiger partial charge is 0.481 e. The molecule has 4 rings (SSSR count). The monoisotopic (exact) mass is 496 g/mol. The van der Waals surface area contributed by atoms with Crippen molar-refractivity contribution in [1.82, 2.24) is 14.8 Å². The van der Waals surface area contributed by atoms with Gasteiger partial charge in [-0.15, -0.1) is 0 Å². The maximum absolute atomic E-state index is 13.6. The van der Waals surface area contributed by atoms with Crippen molar-refractivity contribution in [1.29, 1.82) is 0 Å². The third-order valence-electron chi connectivity index (χ3n) is 5.35. The summed E-state index contributed by atoms with van der Waals surface area (Å²) >= 11 is 0. The summed E-state index contributed by atoms with van der Waals surface area (Å²) in [4.78, 5) is 11.3. The maximum Gasteiger partial charge on any atom is 0.425 e. The van der Waals surface area contributed by atoms with E-state index in [4.69, 9.17) is 5.73 Å². The van der Waals surface area contributed by atoms with Crippen LogP contribution >= 0.6 is 0 Å². The highest BCUT2D eigenvalue weighted by atomic mass is 19.4. The number of aromatic amines is 1. The van der Waals surface area contributed by atoms with Gasteiger partial charge in [-0.05, 0) is 43.3 Å². The average Bonchev–Trinajstić information content (AvgIpc) is 3.40. The Bertz CT molecular complexity index is 1390. The van der Waals surface area contributed by atoms with Crippen LogP contribution in [0.15, 0.2) is 54.7 Å². The molecule has 12 heteroatoms. The fraction of sp³-hybridized carbons (Fsp3) is 0.217. The number of hydrogen-bond acceptors (Lipinski definition) is 3. The van der Waals surface area contributed by atoms with Crippen molar-refractivity contribution in [3.8, 4) is 28.3 Å². The Morgan fingerprint density at radius 2 is 1.86 bits per heavy atom. The number of aromatic nitrogens is 3. The molecule has 1 amide bonds. The van der Waals surface area contributed by atoms with Crippen LogP contribution < -0.4 is 10.5 Å². The highest BCUT2D eigenvalue weighted by Gasteiger charge is 2.41. The second-order valence-corrected chi connectivity index (χ2v) is 7.83. The Balaban J connectivity index is 1.71. The number of nitrogens with two attached hydrogens (primary N) is 1. The van der Waals surface area contributed by atoms with Gasteiger partial charge >= 0.3 is 12.4 Å². The number of carbonyl (C=O) groups excluding carboxylic acids is 1. The number of nitrogens with zero attached hydrogens (tertiary/aromatic N) is 2. The molecule has 184 valence electrons. The zero-order chi connectivity index (χ0) is 25.5. The van der Waals surface area contributed by atoms with Gasteiger partial charge in [-0.1, -0.05) is 12.1 Å². The molecule has 0 unspecified atom stereocenters. The minimum absolute atomic E-state index is 0.0250. The van der Waals surface area contributed by atoms with E-state index in [1.165, 1.54) is 12.1 Å². The van der Waals surface area contributed by atoms with Crippen LogP contribution in [0.4, 0.5) is 26.3 Å². The third-order valence-corrected chi connectivity index (χ3v) is 5.35. The van der Waals surface area contributed by atoms with Crippen LogP contribution in [0.3, 0.4) is 0 Å². The lowest BCUT2D eigenvalue weighted by Crippen LogP contribution is -2.31. The fourth-order valence-corrected chi connectivity index (χ4v) is 3.64. The number of carbonyl (C=O) groups is 1. The van der Waals surface area contributed by atoms with Crippen LogP contribution in [0, 0.1) is 0 Å².